The van der Waals surface area contributed by atoms with Crippen LogP contribution in [0.15, 0.2) is 0 Å². The summed E-state index contributed by atoms with van der Waals surface area (Å²) in [5, 5.41) is 0. The van der Waals surface area contributed by atoms with Crippen molar-refractivity contribution in [1.29, 1.82) is 0 Å². The van der Waals surface area contributed by atoms with Crippen molar-refractivity contribution in [3.63, 3.8) is 0 Å². The zero-order valence-corrected chi connectivity index (χ0v) is 9.40. The molecule has 11 heteroatoms. The van der Waals surface area contributed by atoms with Gasteiger partial charge >= 0.3 is 26.2 Å². The molecule has 9 nitrogen and oxygen atoms in total. The maximum atomic E-state index is 8.55. The fourth-order valence-corrected chi connectivity index (χ4v) is 0. The summed E-state index contributed by atoms with van der Waals surface area (Å²) in [6.45, 7) is 0. The van der Waals surface area contributed by atoms with Crippen molar-refractivity contribution in [2.75, 3.05) is 0 Å². The van der Waals surface area contributed by atoms with Crippen LogP contribution in [-0.4, -0.2) is 53.6 Å². The molecule has 0 unspecified atom stereocenters. The zero-order valence-electron chi connectivity index (χ0n) is 5.03. The molecule has 0 rings (SSSR count). The van der Waals surface area contributed by atoms with Crippen molar-refractivity contribution < 1.29 is 46.6 Å². The standard InChI is InChI=1S/Bi.H3O4P.5H2O/c;1-5(2,3)4;;;;;/h;(H3,1,2,3,4);5*1H2/q+3;;;;;;/p-3. The molecule has 0 heterocycles. The number of hydrogen-bond acceptors (Lipinski definition) is 4. The normalized spacial score (nSPS) is 5.36. The van der Waals surface area contributed by atoms with E-state index in [-0.39, 0.29) is 53.6 Å². The van der Waals surface area contributed by atoms with Crippen LogP contribution in [-0.2, 0) is 4.57 Å². The number of rotatable bonds is 0. The average molecular weight is 394 g/mol. The Balaban J connectivity index is -0.00000000533. The Kier molecular flexibility index (Phi) is 122. The van der Waals surface area contributed by atoms with Crippen LogP contribution in [0.2, 0.25) is 0 Å². The van der Waals surface area contributed by atoms with E-state index in [1.807, 2.05) is 0 Å². The maximum Gasteiger partial charge on any atom is 3.00 e. The molecular formula is H10BiO9P. The predicted molar refractivity (Wildman–Crippen MR) is 31.4 cm³/mol. The van der Waals surface area contributed by atoms with Crippen LogP contribution in [0.4, 0.5) is 0 Å². The largest absolute Gasteiger partial charge is 3.00 e. The van der Waals surface area contributed by atoms with Crippen molar-refractivity contribution in [1.82, 2.24) is 0 Å². The van der Waals surface area contributed by atoms with E-state index in [1.54, 1.807) is 0 Å². The maximum absolute atomic E-state index is 8.55. The van der Waals surface area contributed by atoms with Crippen LogP contribution in [0.5, 0.6) is 0 Å². The summed E-state index contributed by atoms with van der Waals surface area (Å²) >= 11 is 0. The molecule has 0 aromatic heterocycles. The van der Waals surface area contributed by atoms with Crippen LogP contribution in [0.3, 0.4) is 0 Å². The zero-order chi connectivity index (χ0) is 4.50. The van der Waals surface area contributed by atoms with Gasteiger partial charge in [-0.05, 0) is 0 Å². The van der Waals surface area contributed by atoms with Gasteiger partial charge in [0, 0.05) is 0 Å². The van der Waals surface area contributed by atoms with Gasteiger partial charge in [0.1, 0.15) is 0 Å². The Morgan fingerprint density at radius 1 is 0.727 bits per heavy atom. The van der Waals surface area contributed by atoms with Gasteiger partial charge in [-0.2, -0.15) is 7.82 Å². The Labute approximate surface area is 81.0 Å². The van der Waals surface area contributed by atoms with E-state index in [1.165, 1.54) is 0 Å². The van der Waals surface area contributed by atoms with Gasteiger partial charge in [0.15, 0.2) is 0 Å². The molecule has 0 aliphatic carbocycles. The van der Waals surface area contributed by atoms with Crippen LogP contribution in [0.1, 0.15) is 0 Å². The molecule has 0 spiro atoms. The second-order valence-electron chi connectivity index (χ2n) is 0.447. The van der Waals surface area contributed by atoms with Gasteiger partial charge < -0.3 is 46.6 Å². The molecule has 10 N–H and O–H groups in total. The molecule has 0 saturated carbocycles. The fourth-order valence-electron chi connectivity index (χ4n) is 0. The summed E-state index contributed by atoms with van der Waals surface area (Å²) in [7, 11) is -5.39. The average Bonchev–Trinajstić information content (AvgIpc) is 0.722. The molecule has 74 valence electrons. The Bertz CT molecular complexity index is 55.7. The Morgan fingerprint density at radius 2 is 0.727 bits per heavy atom. The molecule has 0 aliphatic heterocycles. The van der Waals surface area contributed by atoms with Gasteiger partial charge in [-0.3, -0.25) is 0 Å². The van der Waals surface area contributed by atoms with Gasteiger partial charge in [0.2, 0.25) is 0 Å². The Hall–Kier alpha value is 0.793. The summed E-state index contributed by atoms with van der Waals surface area (Å²) in [6, 6.07) is 0. The van der Waals surface area contributed by atoms with E-state index >= 15 is 0 Å². The first kappa shape index (κ1) is 59.8. The molecule has 0 aromatic carbocycles. The first-order valence-corrected chi connectivity index (χ1v) is 2.19. The van der Waals surface area contributed by atoms with E-state index in [9.17, 15) is 0 Å². The van der Waals surface area contributed by atoms with Gasteiger partial charge in [-0.25, -0.2) is 0 Å². The summed E-state index contributed by atoms with van der Waals surface area (Å²) in [6.07, 6.45) is 0. The van der Waals surface area contributed by atoms with Crippen LogP contribution < -0.4 is 14.7 Å². The fraction of sp³-hybridized carbons (Fsp3) is 0. The third-order valence-corrected chi connectivity index (χ3v) is 0. The third kappa shape index (κ3) is 1330. The monoisotopic (exact) mass is 394 g/mol. The minimum absolute atomic E-state index is 0. The molecule has 0 aliphatic rings. The van der Waals surface area contributed by atoms with E-state index in [4.69, 9.17) is 19.2 Å². The van der Waals surface area contributed by atoms with Gasteiger partial charge in [0.25, 0.3) is 0 Å². The minimum Gasteiger partial charge on any atom is -0.822 e. The van der Waals surface area contributed by atoms with Crippen LogP contribution in [0.25, 0.3) is 0 Å². The van der Waals surface area contributed by atoms with Gasteiger partial charge in [-0.15, -0.1) is 0 Å². The van der Waals surface area contributed by atoms with Crippen molar-refractivity contribution in [3.8, 4) is 0 Å². The van der Waals surface area contributed by atoms with E-state index < -0.39 is 7.82 Å². The molecule has 0 atom stereocenters. The van der Waals surface area contributed by atoms with Crippen LogP contribution >= 0.6 is 7.82 Å². The number of phosphoric acid groups is 1. The topological polar surface area (TPSA) is 244 Å². The molecule has 2 radical (unpaired) electrons. The summed E-state index contributed by atoms with van der Waals surface area (Å²) in [4.78, 5) is 25.6. The quantitative estimate of drug-likeness (QED) is 0.287. The molecule has 0 saturated heterocycles. The molecule has 0 bridgehead atoms. The van der Waals surface area contributed by atoms with E-state index in [0.29, 0.717) is 0 Å². The molecule has 0 amide bonds. The first-order valence-electron chi connectivity index (χ1n) is 0.730. The molecule has 0 fully saturated rings. The van der Waals surface area contributed by atoms with Gasteiger partial charge in [0.05, 0.1) is 0 Å². The third-order valence-electron chi connectivity index (χ3n) is 0. The first-order chi connectivity index (χ1) is 2.00. The summed E-state index contributed by atoms with van der Waals surface area (Å²) in [5.41, 5.74) is 0. The summed E-state index contributed by atoms with van der Waals surface area (Å²) in [5.74, 6) is 0. The van der Waals surface area contributed by atoms with E-state index in [0.717, 1.165) is 0 Å². The van der Waals surface area contributed by atoms with Crippen LogP contribution in [0, 0.1) is 0 Å². The second kappa shape index (κ2) is 22.4. The van der Waals surface area contributed by atoms with Crippen molar-refractivity contribution in [2.45, 2.75) is 0 Å². The molecule has 11 heavy (non-hydrogen) atoms. The number of hydrogen-bond donors (Lipinski definition) is 0. The summed E-state index contributed by atoms with van der Waals surface area (Å²) < 4.78 is 8.55. The molecular weight excluding hydrogens is 384 g/mol. The molecule has 0 aromatic rings. The second-order valence-corrected chi connectivity index (χ2v) is 1.34. The van der Waals surface area contributed by atoms with Crippen molar-refractivity contribution in [2.24, 2.45) is 0 Å². The SMILES string of the molecule is O.O.O.O.O.O=P([O-])([O-])[O-].[Bi+3]. The van der Waals surface area contributed by atoms with Crippen molar-refractivity contribution in [3.05, 3.63) is 0 Å². The Morgan fingerprint density at radius 3 is 0.727 bits per heavy atom. The smallest absolute Gasteiger partial charge is 0.822 e. The van der Waals surface area contributed by atoms with Crippen molar-refractivity contribution >= 4 is 34.0 Å². The minimum atomic E-state index is -5.39. The van der Waals surface area contributed by atoms with E-state index in [2.05, 4.69) is 0 Å². The van der Waals surface area contributed by atoms with Gasteiger partial charge in [-0.1, -0.05) is 0 Å². The predicted octanol–water partition coefficient (Wildman–Crippen LogP) is -7.33.